The van der Waals surface area contributed by atoms with Crippen LogP contribution in [-0.2, 0) is 0 Å². The van der Waals surface area contributed by atoms with Crippen molar-refractivity contribution in [3.63, 3.8) is 0 Å². The van der Waals surface area contributed by atoms with Gasteiger partial charge in [0.1, 0.15) is 0 Å². The van der Waals surface area contributed by atoms with Gasteiger partial charge in [-0.3, -0.25) is 0 Å². The highest BCUT2D eigenvalue weighted by atomic mass is 19.2. The first kappa shape index (κ1) is 8.17. The van der Waals surface area contributed by atoms with Gasteiger partial charge in [0.15, 0.2) is 11.6 Å². The van der Waals surface area contributed by atoms with Crippen LogP contribution in [0, 0.1) is 18.6 Å². The van der Waals surface area contributed by atoms with Gasteiger partial charge < -0.3 is 0 Å². The van der Waals surface area contributed by atoms with Crippen LogP contribution in [0.15, 0.2) is 30.3 Å². The summed E-state index contributed by atoms with van der Waals surface area (Å²) in [5.41, 5.74) is 1.04. The van der Waals surface area contributed by atoms with Crippen LogP contribution >= 0.6 is 0 Å². The summed E-state index contributed by atoms with van der Waals surface area (Å²) in [6.07, 6.45) is 0. The molecule has 0 atom stereocenters. The highest BCUT2D eigenvalue weighted by Crippen LogP contribution is 2.20. The molecule has 2 aromatic rings. The topological polar surface area (TPSA) is 0 Å². The van der Waals surface area contributed by atoms with Gasteiger partial charge in [-0.25, -0.2) is 8.78 Å². The van der Waals surface area contributed by atoms with Gasteiger partial charge >= 0.3 is 0 Å². The molecule has 0 fully saturated rings. The van der Waals surface area contributed by atoms with E-state index in [1.165, 1.54) is 0 Å². The average Bonchev–Trinajstić information content (AvgIpc) is 2.12. The number of rotatable bonds is 0. The van der Waals surface area contributed by atoms with Crippen molar-refractivity contribution < 1.29 is 8.78 Å². The average molecular weight is 178 g/mol. The summed E-state index contributed by atoms with van der Waals surface area (Å²) in [5.74, 6) is -1.56. The van der Waals surface area contributed by atoms with Crippen molar-refractivity contribution in [1.29, 1.82) is 0 Å². The number of hydrogen-bond donors (Lipinski definition) is 0. The molecule has 0 saturated heterocycles. The second-order valence-corrected chi connectivity index (χ2v) is 3.09. The fraction of sp³-hybridized carbons (Fsp3) is 0.0909. The minimum absolute atomic E-state index is 0.339. The Balaban J connectivity index is 2.87. The Morgan fingerprint density at radius 1 is 1.00 bits per heavy atom. The number of benzene rings is 2. The van der Waals surface area contributed by atoms with E-state index in [9.17, 15) is 8.78 Å². The molecule has 0 N–H and O–H groups in total. The van der Waals surface area contributed by atoms with E-state index in [1.54, 1.807) is 18.2 Å². The summed E-state index contributed by atoms with van der Waals surface area (Å²) in [5, 5.41) is 1.07. The predicted molar refractivity (Wildman–Crippen MR) is 48.6 cm³/mol. The van der Waals surface area contributed by atoms with Crippen LogP contribution in [0.4, 0.5) is 8.78 Å². The lowest BCUT2D eigenvalue weighted by Crippen LogP contribution is -1.86. The molecule has 0 nitrogen and oxygen atoms in total. The largest absolute Gasteiger partial charge is 0.204 e. The van der Waals surface area contributed by atoms with Gasteiger partial charge in [0, 0.05) is 5.39 Å². The van der Waals surface area contributed by atoms with Crippen LogP contribution in [0.1, 0.15) is 5.56 Å². The molecule has 0 amide bonds. The van der Waals surface area contributed by atoms with Gasteiger partial charge in [-0.05, 0) is 18.4 Å². The van der Waals surface area contributed by atoms with Crippen LogP contribution < -0.4 is 0 Å². The predicted octanol–water partition coefficient (Wildman–Crippen LogP) is 3.43. The van der Waals surface area contributed by atoms with E-state index >= 15 is 0 Å². The Labute approximate surface area is 74.8 Å². The molecule has 0 aliphatic carbocycles. The molecule has 0 saturated carbocycles. The van der Waals surface area contributed by atoms with Gasteiger partial charge in [-0.1, -0.05) is 29.8 Å². The summed E-state index contributed by atoms with van der Waals surface area (Å²) < 4.78 is 25.9. The summed E-state index contributed by atoms with van der Waals surface area (Å²) in [6.45, 7) is 1.92. The molecule has 0 radical (unpaired) electrons. The Hall–Kier alpha value is -1.44. The van der Waals surface area contributed by atoms with Crippen LogP contribution in [-0.4, -0.2) is 0 Å². The fourth-order valence-electron chi connectivity index (χ4n) is 1.38. The van der Waals surface area contributed by atoms with Crippen molar-refractivity contribution in [2.75, 3.05) is 0 Å². The number of hydrogen-bond acceptors (Lipinski definition) is 0. The van der Waals surface area contributed by atoms with Crippen molar-refractivity contribution in [1.82, 2.24) is 0 Å². The Bertz CT molecular complexity index is 461. The van der Waals surface area contributed by atoms with E-state index in [4.69, 9.17) is 0 Å². The van der Waals surface area contributed by atoms with Crippen LogP contribution in [0.3, 0.4) is 0 Å². The fourth-order valence-corrected chi connectivity index (χ4v) is 1.38. The maximum atomic E-state index is 13.2. The van der Waals surface area contributed by atoms with Gasteiger partial charge in [0.05, 0.1) is 0 Å². The van der Waals surface area contributed by atoms with E-state index in [0.717, 1.165) is 17.0 Å². The highest BCUT2D eigenvalue weighted by molar-refractivity contribution is 5.83. The van der Waals surface area contributed by atoms with Crippen molar-refractivity contribution in [2.24, 2.45) is 0 Å². The molecular weight excluding hydrogens is 170 g/mol. The Kier molecular flexibility index (Phi) is 1.76. The highest BCUT2D eigenvalue weighted by Gasteiger charge is 2.05. The molecule has 0 aromatic heterocycles. The molecule has 0 unspecified atom stereocenters. The minimum Gasteiger partial charge on any atom is -0.204 e. The zero-order valence-corrected chi connectivity index (χ0v) is 7.14. The third-order valence-corrected chi connectivity index (χ3v) is 2.06. The first-order valence-electron chi connectivity index (χ1n) is 4.03. The third kappa shape index (κ3) is 1.28. The molecule has 0 bridgehead atoms. The third-order valence-electron chi connectivity index (χ3n) is 2.06. The van der Waals surface area contributed by atoms with Crippen LogP contribution in [0.5, 0.6) is 0 Å². The van der Waals surface area contributed by atoms with Gasteiger partial charge in [0.2, 0.25) is 0 Å². The standard InChI is InChI=1S/C11H8F2/c1-7-2-4-9-8(6-7)3-5-10(12)11(9)13/h2-6H,1H3. The van der Waals surface area contributed by atoms with Gasteiger partial charge in [0.25, 0.3) is 0 Å². The normalized spacial score (nSPS) is 10.7. The first-order chi connectivity index (χ1) is 6.18. The quantitative estimate of drug-likeness (QED) is 0.579. The van der Waals surface area contributed by atoms with E-state index in [2.05, 4.69) is 0 Å². The molecule has 0 aliphatic heterocycles. The molecule has 13 heavy (non-hydrogen) atoms. The summed E-state index contributed by atoms with van der Waals surface area (Å²) in [4.78, 5) is 0. The minimum atomic E-state index is -0.795. The SMILES string of the molecule is Cc1ccc2c(F)c(F)ccc2c1. The van der Waals surface area contributed by atoms with E-state index in [-0.39, 0.29) is 0 Å². The zero-order valence-electron chi connectivity index (χ0n) is 7.14. The summed E-state index contributed by atoms with van der Waals surface area (Å²) in [7, 11) is 0. The van der Waals surface area contributed by atoms with E-state index in [1.807, 2.05) is 13.0 Å². The monoisotopic (exact) mass is 178 g/mol. The van der Waals surface area contributed by atoms with E-state index in [0.29, 0.717) is 5.39 Å². The van der Waals surface area contributed by atoms with Gasteiger partial charge in [-0.15, -0.1) is 0 Å². The van der Waals surface area contributed by atoms with Crippen molar-refractivity contribution in [2.45, 2.75) is 6.92 Å². The maximum absolute atomic E-state index is 13.2. The molecule has 0 aliphatic rings. The first-order valence-corrected chi connectivity index (χ1v) is 4.03. The molecule has 0 heterocycles. The van der Waals surface area contributed by atoms with E-state index < -0.39 is 11.6 Å². The molecule has 2 rings (SSSR count). The molecule has 0 spiro atoms. The van der Waals surface area contributed by atoms with Crippen molar-refractivity contribution in [3.8, 4) is 0 Å². The van der Waals surface area contributed by atoms with Crippen molar-refractivity contribution in [3.05, 3.63) is 47.5 Å². The molecule has 2 heteroatoms. The second kappa shape index (κ2) is 2.80. The number of aryl methyl sites for hydroxylation is 1. The van der Waals surface area contributed by atoms with Gasteiger partial charge in [-0.2, -0.15) is 0 Å². The van der Waals surface area contributed by atoms with Crippen LogP contribution in [0.2, 0.25) is 0 Å². The summed E-state index contributed by atoms with van der Waals surface area (Å²) in [6, 6.07) is 7.93. The number of fused-ring (bicyclic) bond motifs is 1. The molecular formula is C11H8F2. The zero-order chi connectivity index (χ0) is 9.42. The summed E-state index contributed by atoms with van der Waals surface area (Å²) >= 11 is 0. The lowest BCUT2D eigenvalue weighted by atomic mass is 10.1. The smallest absolute Gasteiger partial charge is 0.166 e. The second-order valence-electron chi connectivity index (χ2n) is 3.09. The lowest BCUT2D eigenvalue weighted by molar-refractivity contribution is 0.517. The molecule has 2 aromatic carbocycles. The number of halogens is 2. The lowest BCUT2D eigenvalue weighted by Gasteiger charge is -2.01. The molecule has 66 valence electrons. The Morgan fingerprint density at radius 2 is 1.77 bits per heavy atom. The van der Waals surface area contributed by atoms with Crippen LogP contribution in [0.25, 0.3) is 10.8 Å². The van der Waals surface area contributed by atoms with Crippen molar-refractivity contribution >= 4 is 10.8 Å². The Morgan fingerprint density at radius 3 is 2.54 bits per heavy atom. The maximum Gasteiger partial charge on any atom is 0.166 e.